The first-order valence-corrected chi connectivity index (χ1v) is 8.78. The number of benzene rings is 1. The van der Waals surface area contributed by atoms with Crippen LogP contribution in [0.2, 0.25) is 0 Å². The van der Waals surface area contributed by atoms with Crippen LogP contribution in [-0.4, -0.2) is 48.2 Å². The van der Waals surface area contributed by atoms with Gasteiger partial charge in [0.1, 0.15) is 0 Å². The molecule has 0 radical (unpaired) electrons. The predicted octanol–water partition coefficient (Wildman–Crippen LogP) is 1.44. The summed E-state index contributed by atoms with van der Waals surface area (Å²) in [6.45, 7) is 8.40. The third-order valence-electron chi connectivity index (χ3n) is 4.01. The SMILES string of the molecule is CC(C)CN1C(=O)c2ccc(C(=O)NCCNC(=O)C(C)C)cc2C1=O. The van der Waals surface area contributed by atoms with Crippen molar-refractivity contribution in [2.24, 2.45) is 11.8 Å². The fourth-order valence-corrected chi connectivity index (χ4v) is 2.63. The molecule has 26 heavy (non-hydrogen) atoms. The number of nitrogens with one attached hydrogen (secondary N) is 2. The first-order valence-electron chi connectivity index (χ1n) is 8.78. The summed E-state index contributed by atoms with van der Waals surface area (Å²) in [6, 6.07) is 4.51. The Hall–Kier alpha value is -2.70. The van der Waals surface area contributed by atoms with Gasteiger partial charge in [-0.15, -0.1) is 0 Å². The Balaban J connectivity index is 2.00. The number of carbonyl (C=O) groups excluding carboxylic acids is 4. The van der Waals surface area contributed by atoms with E-state index in [0.717, 1.165) is 0 Å². The molecule has 0 atom stereocenters. The highest BCUT2D eigenvalue weighted by atomic mass is 16.2. The molecule has 1 aliphatic heterocycles. The van der Waals surface area contributed by atoms with Crippen molar-refractivity contribution >= 4 is 23.6 Å². The molecule has 0 aromatic heterocycles. The predicted molar refractivity (Wildman–Crippen MR) is 96.8 cm³/mol. The van der Waals surface area contributed by atoms with Crippen LogP contribution in [-0.2, 0) is 4.79 Å². The quantitative estimate of drug-likeness (QED) is 0.569. The molecule has 1 heterocycles. The minimum absolute atomic E-state index is 0.0777. The van der Waals surface area contributed by atoms with E-state index < -0.39 is 0 Å². The largest absolute Gasteiger partial charge is 0.354 e. The van der Waals surface area contributed by atoms with Crippen LogP contribution in [0.25, 0.3) is 0 Å². The number of rotatable bonds is 7. The van der Waals surface area contributed by atoms with Gasteiger partial charge in [-0.3, -0.25) is 24.1 Å². The molecule has 1 aliphatic rings. The Bertz CT molecular complexity index is 740. The molecule has 0 spiro atoms. The Morgan fingerprint density at radius 3 is 2.19 bits per heavy atom. The van der Waals surface area contributed by atoms with Crippen molar-refractivity contribution in [3.05, 3.63) is 34.9 Å². The van der Waals surface area contributed by atoms with Crippen molar-refractivity contribution in [3.8, 4) is 0 Å². The van der Waals surface area contributed by atoms with Crippen LogP contribution in [0.5, 0.6) is 0 Å². The molecule has 1 aromatic carbocycles. The molecule has 0 fully saturated rings. The smallest absolute Gasteiger partial charge is 0.261 e. The lowest BCUT2D eigenvalue weighted by atomic mass is 10.1. The normalized spacial score (nSPS) is 13.4. The van der Waals surface area contributed by atoms with E-state index in [1.807, 2.05) is 13.8 Å². The second-order valence-corrected chi connectivity index (χ2v) is 7.08. The van der Waals surface area contributed by atoms with Crippen molar-refractivity contribution in [2.75, 3.05) is 19.6 Å². The maximum Gasteiger partial charge on any atom is 0.261 e. The summed E-state index contributed by atoms with van der Waals surface area (Å²) in [6.07, 6.45) is 0. The molecule has 0 saturated carbocycles. The van der Waals surface area contributed by atoms with Crippen LogP contribution < -0.4 is 10.6 Å². The number of imide groups is 1. The molecule has 0 unspecified atom stereocenters. The van der Waals surface area contributed by atoms with Gasteiger partial charge in [0.25, 0.3) is 17.7 Å². The van der Waals surface area contributed by atoms with E-state index in [9.17, 15) is 19.2 Å². The summed E-state index contributed by atoms with van der Waals surface area (Å²) in [4.78, 5) is 49.7. The molecule has 0 saturated heterocycles. The van der Waals surface area contributed by atoms with Crippen molar-refractivity contribution in [2.45, 2.75) is 27.7 Å². The average molecular weight is 359 g/mol. The van der Waals surface area contributed by atoms with E-state index in [0.29, 0.717) is 24.2 Å². The van der Waals surface area contributed by atoms with Crippen LogP contribution in [0.15, 0.2) is 18.2 Å². The lowest BCUT2D eigenvalue weighted by molar-refractivity contribution is -0.123. The molecule has 7 heteroatoms. The van der Waals surface area contributed by atoms with E-state index in [1.54, 1.807) is 13.8 Å². The highest BCUT2D eigenvalue weighted by molar-refractivity contribution is 6.22. The van der Waals surface area contributed by atoms with Crippen LogP contribution >= 0.6 is 0 Å². The fourth-order valence-electron chi connectivity index (χ4n) is 2.63. The first-order chi connectivity index (χ1) is 12.2. The summed E-state index contributed by atoms with van der Waals surface area (Å²) in [5.41, 5.74) is 0.902. The third kappa shape index (κ3) is 4.28. The van der Waals surface area contributed by atoms with Gasteiger partial charge < -0.3 is 10.6 Å². The van der Waals surface area contributed by atoms with Crippen molar-refractivity contribution in [1.29, 1.82) is 0 Å². The molecule has 2 rings (SSSR count). The topological polar surface area (TPSA) is 95.6 Å². The third-order valence-corrected chi connectivity index (χ3v) is 4.01. The van der Waals surface area contributed by atoms with E-state index >= 15 is 0 Å². The maximum atomic E-state index is 12.4. The Morgan fingerprint density at radius 2 is 1.58 bits per heavy atom. The molecular weight excluding hydrogens is 334 g/mol. The number of nitrogens with zero attached hydrogens (tertiary/aromatic N) is 1. The number of amides is 4. The van der Waals surface area contributed by atoms with Gasteiger partial charge in [-0.05, 0) is 24.1 Å². The van der Waals surface area contributed by atoms with Crippen molar-refractivity contribution < 1.29 is 19.2 Å². The van der Waals surface area contributed by atoms with E-state index in [2.05, 4.69) is 10.6 Å². The zero-order chi connectivity index (χ0) is 19.4. The summed E-state index contributed by atoms with van der Waals surface area (Å²) in [5.74, 6) is -1.05. The van der Waals surface area contributed by atoms with Gasteiger partial charge in [-0.1, -0.05) is 27.7 Å². The number of fused-ring (bicyclic) bond motifs is 1. The Morgan fingerprint density at radius 1 is 0.962 bits per heavy atom. The molecule has 140 valence electrons. The number of hydrogen-bond acceptors (Lipinski definition) is 4. The zero-order valence-electron chi connectivity index (χ0n) is 15.6. The van der Waals surface area contributed by atoms with E-state index in [-0.39, 0.29) is 47.6 Å². The fraction of sp³-hybridized carbons (Fsp3) is 0.474. The molecule has 0 bridgehead atoms. The van der Waals surface area contributed by atoms with Gasteiger partial charge in [0.2, 0.25) is 5.91 Å². The molecular formula is C19H25N3O4. The first kappa shape index (κ1) is 19.6. The summed E-state index contributed by atoms with van der Waals surface area (Å²) < 4.78 is 0. The monoisotopic (exact) mass is 359 g/mol. The summed E-state index contributed by atoms with van der Waals surface area (Å²) in [7, 11) is 0. The number of hydrogen-bond donors (Lipinski definition) is 2. The van der Waals surface area contributed by atoms with Crippen molar-refractivity contribution in [3.63, 3.8) is 0 Å². The van der Waals surface area contributed by atoms with Gasteiger partial charge in [-0.2, -0.15) is 0 Å². The second kappa shape index (κ2) is 8.12. The van der Waals surface area contributed by atoms with Gasteiger partial charge in [0.05, 0.1) is 11.1 Å². The van der Waals surface area contributed by atoms with Crippen molar-refractivity contribution in [1.82, 2.24) is 15.5 Å². The van der Waals surface area contributed by atoms with Gasteiger partial charge in [-0.25, -0.2) is 0 Å². The lowest BCUT2D eigenvalue weighted by Gasteiger charge is -2.15. The summed E-state index contributed by atoms with van der Waals surface area (Å²) >= 11 is 0. The molecule has 0 aliphatic carbocycles. The van der Waals surface area contributed by atoms with Crippen LogP contribution in [0.1, 0.15) is 58.8 Å². The summed E-state index contributed by atoms with van der Waals surface area (Å²) in [5, 5.41) is 5.40. The average Bonchev–Trinajstić information content (AvgIpc) is 2.82. The van der Waals surface area contributed by atoms with Crippen LogP contribution in [0.4, 0.5) is 0 Å². The molecule has 7 nitrogen and oxygen atoms in total. The zero-order valence-corrected chi connectivity index (χ0v) is 15.6. The maximum absolute atomic E-state index is 12.4. The minimum Gasteiger partial charge on any atom is -0.354 e. The molecule has 2 N–H and O–H groups in total. The Kier molecular flexibility index (Phi) is 6.13. The minimum atomic E-state index is -0.363. The van der Waals surface area contributed by atoms with E-state index in [1.165, 1.54) is 23.1 Å². The van der Waals surface area contributed by atoms with Gasteiger partial charge in [0, 0.05) is 31.1 Å². The van der Waals surface area contributed by atoms with Crippen LogP contribution in [0.3, 0.4) is 0 Å². The van der Waals surface area contributed by atoms with Crippen LogP contribution in [0, 0.1) is 11.8 Å². The standard InChI is InChI=1S/C19H25N3O4/c1-11(2)10-22-18(25)14-6-5-13(9-15(14)19(22)26)17(24)21-8-7-20-16(23)12(3)4/h5-6,9,11-12H,7-8,10H2,1-4H3,(H,20,23)(H,21,24). The number of carbonyl (C=O) groups is 4. The second-order valence-electron chi connectivity index (χ2n) is 7.08. The highest BCUT2D eigenvalue weighted by Crippen LogP contribution is 2.24. The van der Waals surface area contributed by atoms with E-state index in [4.69, 9.17) is 0 Å². The highest BCUT2D eigenvalue weighted by Gasteiger charge is 2.36. The van der Waals surface area contributed by atoms with Gasteiger partial charge >= 0.3 is 0 Å². The molecule has 4 amide bonds. The molecule has 1 aromatic rings. The lowest BCUT2D eigenvalue weighted by Crippen LogP contribution is -2.36. The Labute approximate surface area is 153 Å². The van der Waals surface area contributed by atoms with Gasteiger partial charge in [0.15, 0.2) is 0 Å².